The van der Waals surface area contributed by atoms with E-state index in [0.29, 0.717) is 5.92 Å². The van der Waals surface area contributed by atoms with Crippen molar-refractivity contribution in [1.29, 1.82) is 0 Å². The van der Waals surface area contributed by atoms with Gasteiger partial charge in [0.25, 0.3) is 5.91 Å². The highest BCUT2D eigenvalue weighted by Crippen LogP contribution is 2.26. The zero-order valence-corrected chi connectivity index (χ0v) is 14.2. The number of carbonyl (C=O) groups excluding carboxylic acids is 2. The van der Waals surface area contributed by atoms with E-state index in [1.54, 1.807) is 0 Å². The summed E-state index contributed by atoms with van der Waals surface area (Å²) in [4.78, 5) is 24.6. The van der Waals surface area contributed by atoms with E-state index < -0.39 is 5.97 Å². The second-order valence-electron chi connectivity index (χ2n) is 5.36. The van der Waals surface area contributed by atoms with Crippen molar-refractivity contribution in [3.05, 3.63) is 52.2 Å². The summed E-state index contributed by atoms with van der Waals surface area (Å²) in [6, 6.07) is 11.5. The van der Waals surface area contributed by atoms with Crippen molar-refractivity contribution >= 4 is 28.9 Å². The summed E-state index contributed by atoms with van der Waals surface area (Å²) in [5.41, 5.74) is 1.87. The number of thiophene rings is 1. The first kappa shape index (κ1) is 17.2. The van der Waals surface area contributed by atoms with Crippen molar-refractivity contribution in [3.8, 4) is 0 Å². The average Bonchev–Trinajstić information content (AvgIpc) is 3.05. The summed E-state index contributed by atoms with van der Waals surface area (Å²) in [5.74, 6) is -0.356. The Kier molecular flexibility index (Phi) is 6.35. The van der Waals surface area contributed by atoms with Crippen molar-refractivity contribution < 1.29 is 14.3 Å². The lowest BCUT2D eigenvalue weighted by molar-refractivity contribution is -0.146. The smallest absolute Gasteiger partial charge is 0.311 e. The SMILES string of the molecule is CC[C@H](C)c1ccccc1NC(=O)COC(=O)Cc1cccs1. The number of hydrogen-bond acceptors (Lipinski definition) is 4. The molecule has 2 aromatic rings. The van der Waals surface area contributed by atoms with E-state index >= 15 is 0 Å². The predicted molar refractivity (Wildman–Crippen MR) is 92.8 cm³/mol. The molecule has 1 heterocycles. The lowest BCUT2D eigenvalue weighted by Gasteiger charge is -2.15. The molecule has 0 saturated carbocycles. The molecule has 0 aliphatic carbocycles. The zero-order chi connectivity index (χ0) is 16.7. The molecule has 0 aliphatic heterocycles. The lowest BCUT2D eigenvalue weighted by atomic mass is 9.97. The molecule has 0 unspecified atom stereocenters. The van der Waals surface area contributed by atoms with Crippen molar-refractivity contribution in [3.63, 3.8) is 0 Å². The van der Waals surface area contributed by atoms with Crippen LogP contribution in [-0.4, -0.2) is 18.5 Å². The number of para-hydroxylation sites is 1. The average molecular weight is 331 g/mol. The van der Waals surface area contributed by atoms with Crippen LogP contribution in [0, 0.1) is 0 Å². The van der Waals surface area contributed by atoms with Gasteiger partial charge in [0.15, 0.2) is 6.61 Å². The van der Waals surface area contributed by atoms with Crippen molar-refractivity contribution in [2.24, 2.45) is 0 Å². The number of anilines is 1. The Morgan fingerprint density at radius 2 is 2.00 bits per heavy atom. The number of ether oxygens (including phenoxy) is 1. The Bertz CT molecular complexity index is 652. The highest BCUT2D eigenvalue weighted by molar-refractivity contribution is 7.10. The monoisotopic (exact) mass is 331 g/mol. The second-order valence-corrected chi connectivity index (χ2v) is 6.39. The molecule has 1 aromatic carbocycles. The van der Waals surface area contributed by atoms with E-state index in [9.17, 15) is 9.59 Å². The standard InChI is InChI=1S/C18H21NO3S/c1-3-13(2)15-8-4-5-9-16(15)19-17(20)12-22-18(21)11-14-7-6-10-23-14/h4-10,13H,3,11-12H2,1-2H3,(H,19,20)/t13-/m0/s1. The van der Waals surface area contributed by atoms with Crippen LogP contribution in [-0.2, 0) is 20.7 Å². The van der Waals surface area contributed by atoms with Gasteiger partial charge in [-0.3, -0.25) is 9.59 Å². The first-order valence-corrected chi connectivity index (χ1v) is 8.55. The van der Waals surface area contributed by atoms with E-state index in [-0.39, 0.29) is 18.9 Å². The molecule has 1 aromatic heterocycles. The molecular weight excluding hydrogens is 310 g/mol. The fourth-order valence-corrected chi connectivity index (χ4v) is 2.89. The fraction of sp³-hybridized carbons (Fsp3) is 0.333. The van der Waals surface area contributed by atoms with Gasteiger partial charge in [0, 0.05) is 10.6 Å². The fourth-order valence-electron chi connectivity index (χ4n) is 2.20. The van der Waals surface area contributed by atoms with Crippen LogP contribution < -0.4 is 5.32 Å². The van der Waals surface area contributed by atoms with Gasteiger partial charge in [-0.1, -0.05) is 38.1 Å². The first-order valence-electron chi connectivity index (χ1n) is 7.67. The predicted octanol–water partition coefficient (Wildman–Crippen LogP) is 3.99. The molecule has 0 bridgehead atoms. The van der Waals surface area contributed by atoms with E-state index in [1.807, 2.05) is 41.8 Å². The molecule has 1 amide bonds. The lowest BCUT2D eigenvalue weighted by Crippen LogP contribution is -2.22. The highest BCUT2D eigenvalue weighted by atomic mass is 32.1. The number of amides is 1. The van der Waals surface area contributed by atoms with E-state index in [1.165, 1.54) is 11.3 Å². The van der Waals surface area contributed by atoms with Crippen LogP contribution in [0.3, 0.4) is 0 Å². The second kappa shape index (κ2) is 8.48. The van der Waals surface area contributed by atoms with Gasteiger partial charge in [-0.2, -0.15) is 0 Å². The van der Waals surface area contributed by atoms with Crippen molar-refractivity contribution in [1.82, 2.24) is 0 Å². The van der Waals surface area contributed by atoms with Crippen LogP contribution in [0.2, 0.25) is 0 Å². The topological polar surface area (TPSA) is 55.4 Å². The van der Waals surface area contributed by atoms with Crippen LogP contribution in [0.25, 0.3) is 0 Å². The highest BCUT2D eigenvalue weighted by Gasteiger charge is 2.13. The van der Waals surface area contributed by atoms with Gasteiger partial charge in [-0.05, 0) is 35.4 Å². The van der Waals surface area contributed by atoms with Crippen LogP contribution >= 0.6 is 11.3 Å². The molecule has 0 spiro atoms. The molecule has 122 valence electrons. The first-order chi connectivity index (χ1) is 11.1. The van der Waals surface area contributed by atoms with Gasteiger partial charge < -0.3 is 10.1 Å². The van der Waals surface area contributed by atoms with E-state index in [0.717, 1.165) is 22.5 Å². The minimum absolute atomic E-state index is 0.203. The molecule has 0 fully saturated rings. The Balaban J connectivity index is 1.86. The quantitative estimate of drug-likeness (QED) is 0.781. The number of esters is 1. The molecule has 1 atom stereocenters. The Morgan fingerprint density at radius 1 is 1.22 bits per heavy atom. The van der Waals surface area contributed by atoms with Crippen molar-refractivity contribution in [2.75, 3.05) is 11.9 Å². The van der Waals surface area contributed by atoms with Crippen molar-refractivity contribution in [2.45, 2.75) is 32.6 Å². The molecule has 0 saturated heterocycles. The van der Waals surface area contributed by atoms with Gasteiger partial charge in [0.05, 0.1) is 6.42 Å². The molecule has 0 radical (unpaired) electrons. The zero-order valence-electron chi connectivity index (χ0n) is 13.4. The number of hydrogen-bond donors (Lipinski definition) is 1. The summed E-state index contributed by atoms with van der Waals surface area (Å²) in [6.07, 6.45) is 1.19. The Morgan fingerprint density at radius 3 is 2.70 bits per heavy atom. The number of rotatable bonds is 7. The maximum atomic E-state index is 12.0. The Labute approximate surface area is 140 Å². The maximum absolute atomic E-state index is 12.0. The summed E-state index contributed by atoms with van der Waals surface area (Å²) in [7, 11) is 0. The summed E-state index contributed by atoms with van der Waals surface area (Å²) < 4.78 is 5.03. The molecule has 0 aliphatic rings. The normalized spacial score (nSPS) is 11.7. The summed E-state index contributed by atoms with van der Waals surface area (Å²) in [5, 5.41) is 4.73. The van der Waals surface area contributed by atoms with Gasteiger partial charge in [0.2, 0.25) is 0 Å². The van der Waals surface area contributed by atoms with Crippen LogP contribution in [0.15, 0.2) is 41.8 Å². The number of nitrogens with one attached hydrogen (secondary N) is 1. The van der Waals surface area contributed by atoms with E-state index in [4.69, 9.17) is 4.74 Å². The molecule has 1 N–H and O–H groups in total. The minimum atomic E-state index is -0.391. The van der Waals surface area contributed by atoms with Gasteiger partial charge in [-0.15, -0.1) is 11.3 Å². The number of benzene rings is 1. The largest absolute Gasteiger partial charge is 0.455 e. The third kappa shape index (κ3) is 5.21. The molecule has 23 heavy (non-hydrogen) atoms. The third-order valence-corrected chi connectivity index (χ3v) is 4.52. The molecule has 5 heteroatoms. The van der Waals surface area contributed by atoms with Crippen LogP contribution in [0.5, 0.6) is 0 Å². The maximum Gasteiger partial charge on any atom is 0.311 e. The molecule has 4 nitrogen and oxygen atoms in total. The Hall–Kier alpha value is -2.14. The van der Waals surface area contributed by atoms with E-state index in [2.05, 4.69) is 19.2 Å². The summed E-state index contributed by atoms with van der Waals surface area (Å²) >= 11 is 1.49. The summed E-state index contributed by atoms with van der Waals surface area (Å²) in [6.45, 7) is 3.96. The van der Waals surface area contributed by atoms with Gasteiger partial charge >= 0.3 is 5.97 Å². The van der Waals surface area contributed by atoms with Gasteiger partial charge in [0.1, 0.15) is 0 Å². The molecular formula is C18H21NO3S. The third-order valence-electron chi connectivity index (χ3n) is 3.64. The van der Waals surface area contributed by atoms with Gasteiger partial charge in [-0.25, -0.2) is 0 Å². The molecule has 2 rings (SSSR count). The number of carbonyl (C=O) groups is 2. The minimum Gasteiger partial charge on any atom is -0.455 e. The van der Waals surface area contributed by atoms with Crippen LogP contribution in [0.4, 0.5) is 5.69 Å². The van der Waals surface area contributed by atoms with Crippen LogP contribution in [0.1, 0.15) is 36.6 Å².